The Morgan fingerprint density at radius 2 is 1.94 bits per heavy atom. The summed E-state index contributed by atoms with van der Waals surface area (Å²) in [5, 5.41) is 0. The molecule has 16 heavy (non-hydrogen) atoms. The summed E-state index contributed by atoms with van der Waals surface area (Å²) in [5.74, 6) is 0.626. The summed E-state index contributed by atoms with van der Waals surface area (Å²) in [6, 6.07) is 6.10. The molecular formula is C12H18BrClN2. The zero-order valence-electron chi connectivity index (χ0n) is 9.23. The number of aromatic nitrogens is 1. The summed E-state index contributed by atoms with van der Waals surface area (Å²) in [6.45, 7) is 0. The Morgan fingerprint density at radius 3 is 2.56 bits per heavy atom. The fourth-order valence-electron chi connectivity index (χ4n) is 2.34. The van der Waals surface area contributed by atoms with Crippen molar-refractivity contribution < 1.29 is 0 Å². The molecule has 1 aromatic heterocycles. The Balaban J connectivity index is 0.00000128. The first-order chi connectivity index (χ1) is 7.27. The second-order valence-electron chi connectivity index (χ2n) is 4.31. The van der Waals surface area contributed by atoms with Crippen molar-refractivity contribution in [1.29, 1.82) is 0 Å². The highest BCUT2D eigenvalue weighted by Gasteiger charge is 2.22. The third-order valence-electron chi connectivity index (χ3n) is 3.24. The van der Waals surface area contributed by atoms with Gasteiger partial charge in [-0.1, -0.05) is 25.3 Å². The third-order valence-corrected chi connectivity index (χ3v) is 3.68. The van der Waals surface area contributed by atoms with Crippen LogP contribution in [0.25, 0.3) is 0 Å². The lowest BCUT2D eigenvalue weighted by Gasteiger charge is -2.27. The average Bonchev–Trinajstić information content (AvgIpc) is 2.29. The number of hydrogen-bond acceptors (Lipinski definition) is 2. The maximum atomic E-state index is 6.26. The van der Waals surface area contributed by atoms with Gasteiger partial charge in [0.15, 0.2) is 0 Å². The van der Waals surface area contributed by atoms with Crippen molar-refractivity contribution in [3.8, 4) is 0 Å². The predicted molar refractivity (Wildman–Crippen MR) is 72.7 cm³/mol. The van der Waals surface area contributed by atoms with Crippen LogP contribution < -0.4 is 5.73 Å². The van der Waals surface area contributed by atoms with Crippen molar-refractivity contribution in [3.05, 3.63) is 28.5 Å². The first-order valence-electron chi connectivity index (χ1n) is 5.65. The molecule has 1 aromatic rings. The summed E-state index contributed by atoms with van der Waals surface area (Å²) in [6.07, 6.45) is 6.54. The molecule has 2 N–H and O–H groups in total. The molecule has 1 aliphatic carbocycles. The molecule has 0 unspecified atom stereocenters. The van der Waals surface area contributed by atoms with E-state index in [1.807, 2.05) is 18.2 Å². The second kappa shape index (κ2) is 6.58. The van der Waals surface area contributed by atoms with Gasteiger partial charge in [-0.3, -0.25) is 0 Å². The number of rotatable bonds is 2. The van der Waals surface area contributed by atoms with Crippen LogP contribution in [0.1, 0.15) is 43.8 Å². The summed E-state index contributed by atoms with van der Waals surface area (Å²) in [5.41, 5.74) is 7.28. The van der Waals surface area contributed by atoms with E-state index in [4.69, 9.17) is 5.73 Å². The molecule has 0 amide bonds. The van der Waals surface area contributed by atoms with Crippen molar-refractivity contribution in [1.82, 2.24) is 4.98 Å². The van der Waals surface area contributed by atoms with Gasteiger partial charge in [-0.2, -0.15) is 0 Å². The van der Waals surface area contributed by atoms with Crippen LogP contribution in [0.5, 0.6) is 0 Å². The smallest absolute Gasteiger partial charge is 0.106 e. The average molecular weight is 306 g/mol. The molecule has 2 rings (SSSR count). The highest BCUT2D eigenvalue weighted by atomic mass is 79.9. The van der Waals surface area contributed by atoms with Gasteiger partial charge in [0.1, 0.15) is 4.60 Å². The molecular weight excluding hydrogens is 288 g/mol. The summed E-state index contributed by atoms with van der Waals surface area (Å²) >= 11 is 3.39. The van der Waals surface area contributed by atoms with Gasteiger partial charge in [0.25, 0.3) is 0 Å². The van der Waals surface area contributed by atoms with Crippen molar-refractivity contribution in [3.63, 3.8) is 0 Å². The van der Waals surface area contributed by atoms with Gasteiger partial charge < -0.3 is 5.73 Å². The molecule has 1 fully saturated rings. The van der Waals surface area contributed by atoms with E-state index in [9.17, 15) is 0 Å². The van der Waals surface area contributed by atoms with Gasteiger partial charge in [-0.25, -0.2) is 4.98 Å². The van der Waals surface area contributed by atoms with Gasteiger partial charge in [-0.15, -0.1) is 12.4 Å². The van der Waals surface area contributed by atoms with Crippen LogP contribution in [0.2, 0.25) is 0 Å². The number of nitrogens with two attached hydrogens (primary N) is 1. The Hall–Kier alpha value is -0.120. The topological polar surface area (TPSA) is 38.9 Å². The predicted octanol–water partition coefficient (Wildman–Crippen LogP) is 3.85. The van der Waals surface area contributed by atoms with Crippen LogP contribution in [-0.2, 0) is 0 Å². The minimum absolute atomic E-state index is 0. The number of pyridine rings is 1. The first-order valence-corrected chi connectivity index (χ1v) is 6.45. The van der Waals surface area contributed by atoms with Crippen molar-refractivity contribution in [2.45, 2.75) is 38.1 Å². The van der Waals surface area contributed by atoms with E-state index in [0.29, 0.717) is 5.92 Å². The molecule has 1 atom stereocenters. The standard InChI is InChI=1S/C12H17BrN2.ClH/c13-11-8-4-7-10(15-11)12(14)9-5-2-1-3-6-9;/h4,7-9,12H,1-3,5-6,14H2;1H/t12-;/m1./s1. The zero-order valence-corrected chi connectivity index (χ0v) is 11.6. The van der Waals surface area contributed by atoms with E-state index in [1.165, 1.54) is 32.1 Å². The van der Waals surface area contributed by atoms with Crippen LogP contribution in [0.3, 0.4) is 0 Å². The van der Waals surface area contributed by atoms with E-state index in [-0.39, 0.29) is 18.4 Å². The van der Waals surface area contributed by atoms with Crippen molar-refractivity contribution in [2.24, 2.45) is 11.7 Å². The number of hydrogen-bond donors (Lipinski definition) is 1. The second-order valence-corrected chi connectivity index (χ2v) is 5.12. The minimum atomic E-state index is 0. The van der Waals surface area contributed by atoms with Crippen LogP contribution >= 0.6 is 28.3 Å². The molecule has 0 aliphatic heterocycles. The molecule has 2 nitrogen and oxygen atoms in total. The monoisotopic (exact) mass is 304 g/mol. The fourth-order valence-corrected chi connectivity index (χ4v) is 2.70. The van der Waals surface area contributed by atoms with Gasteiger partial charge in [-0.05, 0) is 46.8 Å². The van der Waals surface area contributed by atoms with Crippen molar-refractivity contribution in [2.75, 3.05) is 0 Å². The van der Waals surface area contributed by atoms with Crippen LogP contribution in [0, 0.1) is 5.92 Å². The lowest BCUT2D eigenvalue weighted by atomic mass is 9.83. The molecule has 1 heterocycles. The van der Waals surface area contributed by atoms with E-state index < -0.39 is 0 Å². The Bertz CT molecular complexity index is 327. The number of nitrogens with zero attached hydrogens (tertiary/aromatic N) is 1. The molecule has 4 heteroatoms. The molecule has 0 bridgehead atoms. The van der Waals surface area contributed by atoms with Gasteiger partial charge >= 0.3 is 0 Å². The quantitative estimate of drug-likeness (QED) is 0.843. The van der Waals surface area contributed by atoms with E-state index in [2.05, 4.69) is 20.9 Å². The summed E-state index contributed by atoms with van der Waals surface area (Å²) in [7, 11) is 0. The molecule has 0 saturated heterocycles. The van der Waals surface area contributed by atoms with Gasteiger partial charge in [0, 0.05) is 6.04 Å². The lowest BCUT2D eigenvalue weighted by Crippen LogP contribution is -2.24. The Labute approximate surface area is 112 Å². The minimum Gasteiger partial charge on any atom is -0.322 e. The van der Waals surface area contributed by atoms with E-state index >= 15 is 0 Å². The molecule has 90 valence electrons. The molecule has 0 aromatic carbocycles. The Morgan fingerprint density at radius 1 is 1.25 bits per heavy atom. The van der Waals surface area contributed by atoms with Crippen molar-refractivity contribution >= 4 is 28.3 Å². The fraction of sp³-hybridized carbons (Fsp3) is 0.583. The molecule has 1 saturated carbocycles. The van der Waals surface area contributed by atoms with Gasteiger partial charge in [0.2, 0.25) is 0 Å². The normalized spacial score (nSPS) is 18.9. The Kier molecular flexibility index (Phi) is 5.73. The zero-order chi connectivity index (χ0) is 10.7. The molecule has 0 spiro atoms. The number of halogens is 2. The van der Waals surface area contributed by atoms with Gasteiger partial charge in [0.05, 0.1) is 5.69 Å². The lowest BCUT2D eigenvalue weighted by molar-refractivity contribution is 0.304. The highest BCUT2D eigenvalue weighted by molar-refractivity contribution is 9.10. The van der Waals surface area contributed by atoms with Crippen LogP contribution in [0.15, 0.2) is 22.8 Å². The van der Waals surface area contributed by atoms with Crippen LogP contribution in [0.4, 0.5) is 0 Å². The third kappa shape index (κ3) is 3.44. The highest BCUT2D eigenvalue weighted by Crippen LogP contribution is 2.32. The largest absolute Gasteiger partial charge is 0.322 e. The SMILES string of the molecule is Cl.N[C@@H](c1cccc(Br)n1)C1CCCCC1. The van der Waals surface area contributed by atoms with E-state index in [0.717, 1.165) is 10.3 Å². The molecule has 1 aliphatic rings. The molecule has 0 radical (unpaired) electrons. The van der Waals surface area contributed by atoms with E-state index in [1.54, 1.807) is 0 Å². The maximum absolute atomic E-state index is 6.26. The summed E-state index contributed by atoms with van der Waals surface area (Å²) < 4.78 is 0.881. The maximum Gasteiger partial charge on any atom is 0.106 e. The summed E-state index contributed by atoms with van der Waals surface area (Å²) in [4.78, 5) is 4.44. The van der Waals surface area contributed by atoms with Crippen LogP contribution in [-0.4, -0.2) is 4.98 Å². The first kappa shape index (κ1) is 13.9.